The monoisotopic (exact) mass is 313 g/mol. The Bertz CT molecular complexity index is 555. The Hall–Kier alpha value is -1.44. The lowest BCUT2D eigenvalue weighted by molar-refractivity contribution is -0.121. The van der Waals surface area contributed by atoms with Gasteiger partial charge in [-0.15, -0.1) is 0 Å². The molecule has 7 heteroatoms. The van der Waals surface area contributed by atoms with E-state index in [9.17, 15) is 13.2 Å². The number of nitrogens with two attached hydrogens (primary N) is 1. The lowest BCUT2D eigenvalue weighted by Crippen LogP contribution is -2.34. The van der Waals surface area contributed by atoms with Crippen LogP contribution in [-0.4, -0.2) is 33.5 Å². The second kappa shape index (κ2) is 8.11. The molecule has 1 aromatic rings. The number of carbonyl (C=O) groups is 1. The van der Waals surface area contributed by atoms with Crippen LogP contribution >= 0.6 is 0 Å². The molecule has 0 aliphatic heterocycles. The van der Waals surface area contributed by atoms with E-state index in [0.717, 1.165) is 12.1 Å². The Morgan fingerprint density at radius 2 is 1.90 bits per heavy atom. The second-order valence-corrected chi connectivity index (χ2v) is 6.51. The highest BCUT2D eigenvalue weighted by atomic mass is 32.2. The van der Waals surface area contributed by atoms with Crippen LogP contribution in [0.3, 0.4) is 0 Å². The summed E-state index contributed by atoms with van der Waals surface area (Å²) < 4.78 is 22.2. The summed E-state index contributed by atoms with van der Waals surface area (Å²) in [5.74, 6) is 0.00426. The van der Waals surface area contributed by atoms with Crippen molar-refractivity contribution in [3.63, 3.8) is 0 Å². The standard InChI is InChI=1S/C14H23N3O3S/c1-3-16-11(2)10-14(18)17-9-8-12-4-6-13(7-5-12)21(15,19)20/h4-7,11,16H,3,8-10H2,1-2H3,(H,17,18)(H2,15,19,20). The minimum atomic E-state index is -3.65. The molecule has 1 amide bonds. The highest BCUT2D eigenvalue weighted by molar-refractivity contribution is 7.89. The predicted molar refractivity (Wildman–Crippen MR) is 82.3 cm³/mol. The zero-order valence-electron chi connectivity index (χ0n) is 12.4. The number of benzene rings is 1. The number of rotatable bonds is 8. The largest absolute Gasteiger partial charge is 0.356 e. The van der Waals surface area contributed by atoms with Crippen molar-refractivity contribution in [3.8, 4) is 0 Å². The summed E-state index contributed by atoms with van der Waals surface area (Å²) in [4.78, 5) is 11.7. The summed E-state index contributed by atoms with van der Waals surface area (Å²) in [5, 5.41) is 11.0. The number of sulfonamides is 1. The summed E-state index contributed by atoms with van der Waals surface area (Å²) in [5.41, 5.74) is 0.947. The van der Waals surface area contributed by atoms with Gasteiger partial charge in [-0.1, -0.05) is 19.1 Å². The van der Waals surface area contributed by atoms with Crippen LogP contribution in [0.5, 0.6) is 0 Å². The maximum absolute atomic E-state index is 11.7. The van der Waals surface area contributed by atoms with E-state index in [4.69, 9.17) is 5.14 Å². The van der Waals surface area contributed by atoms with Crippen LogP contribution in [0.15, 0.2) is 29.2 Å². The fraction of sp³-hybridized carbons (Fsp3) is 0.500. The average Bonchev–Trinajstić information content (AvgIpc) is 2.38. The number of amides is 1. The number of nitrogens with one attached hydrogen (secondary N) is 2. The molecule has 1 aromatic carbocycles. The Balaban J connectivity index is 2.37. The first-order chi connectivity index (χ1) is 9.82. The Kier molecular flexibility index (Phi) is 6.80. The Morgan fingerprint density at radius 3 is 2.43 bits per heavy atom. The predicted octanol–water partition coefficient (Wildman–Crippen LogP) is 0.381. The molecule has 0 radical (unpaired) electrons. The van der Waals surface area contributed by atoms with Gasteiger partial charge < -0.3 is 10.6 Å². The molecule has 1 unspecified atom stereocenters. The fourth-order valence-corrected chi connectivity index (χ4v) is 2.48. The van der Waals surface area contributed by atoms with Gasteiger partial charge in [0.05, 0.1) is 4.90 Å². The summed E-state index contributed by atoms with van der Waals surface area (Å²) >= 11 is 0. The van der Waals surface area contributed by atoms with Crippen LogP contribution in [-0.2, 0) is 21.2 Å². The van der Waals surface area contributed by atoms with Crippen molar-refractivity contribution in [2.75, 3.05) is 13.1 Å². The highest BCUT2D eigenvalue weighted by Gasteiger charge is 2.08. The summed E-state index contributed by atoms with van der Waals surface area (Å²) in [6.45, 7) is 5.33. The van der Waals surface area contributed by atoms with E-state index < -0.39 is 10.0 Å². The highest BCUT2D eigenvalue weighted by Crippen LogP contribution is 2.08. The van der Waals surface area contributed by atoms with Gasteiger partial charge in [-0.05, 0) is 37.6 Å². The first-order valence-corrected chi connectivity index (χ1v) is 8.49. The van der Waals surface area contributed by atoms with E-state index in [2.05, 4.69) is 10.6 Å². The van der Waals surface area contributed by atoms with Gasteiger partial charge in [0.2, 0.25) is 15.9 Å². The molecule has 0 aliphatic carbocycles. The molecule has 0 heterocycles. The molecule has 0 aliphatic rings. The Labute approximate surface area is 126 Å². The van der Waals surface area contributed by atoms with Crippen LogP contribution < -0.4 is 15.8 Å². The molecular weight excluding hydrogens is 290 g/mol. The lowest BCUT2D eigenvalue weighted by atomic mass is 10.1. The fourth-order valence-electron chi connectivity index (χ4n) is 1.96. The second-order valence-electron chi connectivity index (χ2n) is 4.95. The molecule has 1 rings (SSSR count). The van der Waals surface area contributed by atoms with Crippen LogP contribution in [0.4, 0.5) is 0 Å². The van der Waals surface area contributed by atoms with Crippen LogP contribution in [0.1, 0.15) is 25.8 Å². The molecule has 0 spiro atoms. The molecule has 4 N–H and O–H groups in total. The number of hydrogen-bond donors (Lipinski definition) is 3. The van der Waals surface area contributed by atoms with Gasteiger partial charge >= 0.3 is 0 Å². The van der Waals surface area contributed by atoms with Crippen LogP contribution in [0.2, 0.25) is 0 Å². The van der Waals surface area contributed by atoms with Crippen LogP contribution in [0, 0.1) is 0 Å². The summed E-state index contributed by atoms with van der Waals surface area (Å²) in [7, 11) is -3.65. The summed E-state index contributed by atoms with van der Waals surface area (Å²) in [6, 6.07) is 6.50. The van der Waals surface area contributed by atoms with E-state index in [1.54, 1.807) is 12.1 Å². The average molecular weight is 313 g/mol. The zero-order chi connectivity index (χ0) is 15.9. The van der Waals surface area contributed by atoms with E-state index >= 15 is 0 Å². The topological polar surface area (TPSA) is 101 Å². The third-order valence-corrected chi connectivity index (χ3v) is 3.96. The van der Waals surface area contributed by atoms with Gasteiger partial charge in [-0.2, -0.15) is 0 Å². The van der Waals surface area contributed by atoms with Gasteiger partial charge in [0.25, 0.3) is 0 Å². The maximum Gasteiger partial charge on any atom is 0.238 e. The quantitative estimate of drug-likeness (QED) is 0.646. The van der Waals surface area contributed by atoms with Gasteiger partial charge in [0, 0.05) is 19.0 Å². The molecule has 118 valence electrons. The van der Waals surface area contributed by atoms with Crippen molar-refractivity contribution in [1.82, 2.24) is 10.6 Å². The molecular formula is C14H23N3O3S. The van der Waals surface area contributed by atoms with Gasteiger partial charge in [-0.3, -0.25) is 4.79 Å². The van der Waals surface area contributed by atoms with Crippen molar-refractivity contribution < 1.29 is 13.2 Å². The molecule has 1 atom stereocenters. The normalized spacial score (nSPS) is 12.9. The first-order valence-electron chi connectivity index (χ1n) is 6.94. The molecule has 0 saturated carbocycles. The maximum atomic E-state index is 11.7. The smallest absolute Gasteiger partial charge is 0.238 e. The van der Waals surface area contributed by atoms with Crippen molar-refractivity contribution in [3.05, 3.63) is 29.8 Å². The van der Waals surface area contributed by atoms with E-state index in [0.29, 0.717) is 19.4 Å². The summed E-state index contributed by atoms with van der Waals surface area (Å²) in [6.07, 6.45) is 1.09. The van der Waals surface area contributed by atoms with Crippen LogP contribution in [0.25, 0.3) is 0 Å². The Morgan fingerprint density at radius 1 is 1.29 bits per heavy atom. The number of hydrogen-bond acceptors (Lipinski definition) is 4. The van der Waals surface area contributed by atoms with Gasteiger partial charge in [0.1, 0.15) is 0 Å². The van der Waals surface area contributed by atoms with Crippen molar-refractivity contribution in [1.29, 1.82) is 0 Å². The van der Waals surface area contributed by atoms with Gasteiger partial charge in [0.15, 0.2) is 0 Å². The number of primary sulfonamides is 1. The van der Waals surface area contributed by atoms with Crippen molar-refractivity contribution in [2.24, 2.45) is 5.14 Å². The van der Waals surface area contributed by atoms with Crippen molar-refractivity contribution in [2.45, 2.75) is 37.6 Å². The lowest BCUT2D eigenvalue weighted by Gasteiger charge is -2.12. The van der Waals surface area contributed by atoms with E-state index in [1.165, 1.54) is 12.1 Å². The minimum Gasteiger partial charge on any atom is -0.356 e. The van der Waals surface area contributed by atoms with Crippen molar-refractivity contribution >= 4 is 15.9 Å². The number of carbonyl (C=O) groups excluding carboxylic acids is 1. The molecule has 21 heavy (non-hydrogen) atoms. The minimum absolute atomic E-state index is 0.00426. The third kappa shape index (κ3) is 6.70. The third-order valence-electron chi connectivity index (χ3n) is 3.03. The van der Waals surface area contributed by atoms with Gasteiger partial charge in [-0.25, -0.2) is 13.6 Å². The molecule has 0 aromatic heterocycles. The molecule has 0 saturated heterocycles. The SMILES string of the molecule is CCNC(C)CC(=O)NCCc1ccc(S(N)(=O)=O)cc1. The first kappa shape index (κ1) is 17.6. The molecule has 6 nitrogen and oxygen atoms in total. The molecule has 0 bridgehead atoms. The van der Waals surface area contributed by atoms with E-state index in [1.807, 2.05) is 13.8 Å². The molecule has 0 fully saturated rings. The zero-order valence-corrected chi connectivity index (χ0v) is 13.2. The van der Waals surface area contributed by atoms with E-state index in [-0.39, 0.29) is 16.8 Å².